The summed E-state index contributed by atoms with van der Waals surface area (Å²) >= 11 is 0. The molecule has 2 aromatic rings. The Hall–Kier alpha value is -2.87. The molecule has 0 aliphatic rings. The molecule has 0 saturated carbocycles. The zero-order chi connectivity index (χ0) is 22.4. The second-order valence-corrected chi connectivity index (χ2v) is 8.11. The lowest BCUT2D eigenvalue weighted by Gasteiger charge is -2.27. The quantitative estimate of drug-likeness (QED) is 0.402. The van der Waals surface area contributed by atoms with Crippen LogP contribution in [0.25, 0.3) is 10.9 Å². The number of benzene rings is 1. The second kappa shape index (κ2) is 10.2. The predicted octanol–water partition coefficient (Wildman–Crippen LogP) is 1.79. The summed E-state index contributed by atoms with van der Waals surface area (Å²) in [5.74, 6) is -2.54. The molecule has 4 atom stereocenters. The molecule has 0 radical (unpaired) electrons. The van der Waals surface area contributed by atoms with Crippen LogP contribution in [0.4, 0.5) is 0 Å². The number of rotatable bonds is 10. The van der Waals surface area contributed by atoms with E-state index in [9.17, 15) is 19.5 Å². The number of aromatic amines is 1. The van der Waals surface area contributed by atoms with Crippen LogP contribution in [0.15, 0.2) is 30.5 Å². The Labute approximate surface area is 176 Å². The first-order valence-electron chi connectivity index (χ1n) is 10.3. The monoisotopic (exact) mass is 416 g/mol. The van der Waals surface area contributed by atoms with Crippen molar-refractivity contribution < 1.29 is 19.5 Å². The third kappa shape index (κ3) is 5.60. The Morgan fingerprint density at radius 3 is 2.30 bits per heavy atom. The molecule has 30 heavy (non-hydrogen) atoms. The smallest absolute Gasteiger partial charge is 0.326 e. The van der Waals surface area contributed by atoms with Gasteiger partial charge < -0.3 is 26.5 Å². The first kappa shape index (κ1) is 23.4. The highest BCUT2D eigenvalue weighted by atomic mass is 16.4. The van der Waals surface area contributed by atoms with Gasteiger partial charge in [-0.2, -0.15) is 0 Å². The number of para-hydroxylation sites is 1. The first-order valence-corrected chi connectivity index (χ1v) is 10.3. The molecule has 164 valence electrons. The van der Waals surface area contributed by atoms with Gasteiger partial charge in [0, 0.05) is 17.1 Å². The van der Waals surface area contributed by atoms with Crippen molar-refractivity contribution in [3.05, 3.63) is 36.0 Å². The molecule has 4 unspecified atom stereocenters. The fraction of sp³-hybridized carbons (Fsp3) is 0.500. The van der Waals surface area contributed by atoms with E-state index in [4.69, 9.17) is 5.73 Å². The topological polar surface area (TPSA) is 137 Å². The van der Waals surface area contributed by atoms with Crippen molar-refractivity contribution >= 4 is 28.7 Å². The van der Waals surface area contributed by atoms with E-state index in [0.717, 1.165) is 16.5 Å². The molecule has 1 aromatic carbocycles. The Kier molecular flexibility index (Phi) is 8.00. The number of carbonyl (C=O) groups is 3. The molecule has 2 rings (SSSR count). The van der Waals surface area contributed by atoms with Crippen molar-refractivity contribution in [3.63, 3.8) is 0 Å². The molecule has 0 bridgehead atoms. The maximum atomic E-state index is 12.8. The van der Waals surface area contributed by atoms with Crippen LogP contribution in [0.3, 0.4) is 0 Å². The van der Waals surface area contributed by atoms with E-state index in [-0.39, 0.29) is 11.8 Å². The van der Waals surface area contributed by atoms with E-state index in [2.05, 4.69) is 15.6 Å². The van der Waals surface area contributed by atoms with E-state index in [1.54, 1.807) is 13.8 Å². The molecular weight excluding hydrogens is 384 g/mol. The van der Waals surface area contributed by atoms with Gasteiger partial charge >= 0.3 is 5.97 Å². The highest BCUT2D eigenvalue weighted by molar-refractivity contribution is 5.92. The van der Waals surface area contributed by atoms with Gasteiger partial charge in [0.05, 0.1) is 6.04 Å². The number of aliphatic carboxylic acids is 1. The molecular formula is C22H32N4O4. The van der Waals surface area contributed by atoms with Gasteiger partial charge in [0.1, 0.15) is 12.1 Å². The number of carboxylic acid groups (broad SMARTS) is 1. The lowest BCUT2D eigenvalue weighted by atomic mass is 9.96. The Balaban J connectivity index is 2.10. The van der Waals surface area contributed by atoms with Gasteiger partial charge in [-0.15, -0.1) is 0 Å². The molecule has 1 heterocycles. The largest absolute Gasteiger partial charge is 0.480 e. The summed E-state index contributed by atoms with van der Waals surface area (Å²) in [6, 6.07) is 5.01. The van der Waals surface area contributed by atoms with Crippen molar-refractivity contribution in [2.75, 3.05) is 0 Å². The molecule has 0 fully saturated rings. The minimum absolute atomic E-state index is 0.184. The minimum Gasteiger partial charge on any atom is -0.480 e. The number of hydrogen-bond acceptors (Lipinski definition) is 4. The van der Waals surface area contributed by atoms with E-state index >= 15 is 0 Å². The average Bonchev–Trinajstić information content (AvgIpc) is 3.11. The highest BCUT2D eigenvalue weighted by Crippen LogP contribution is 2.19. The maximum Gasteiger partial charge on any atom is 0.326 e. The van der Waals surface area contributed by atoms with Gasteiger partial charge in [-0.3, -0.25) is 9.59 Å². The van der Waals surface area contributed by atoms with E-state index in [1.807, 2.05) is 44.3 Å². The standard InChI is InChI=1S/C22H32N4O4/c1-5-13(4)19(21(28)25-18(12(2)3)22(29)30)26-20(27)16(23)10-14-11-24-17-9-7-6-8-15(14)17/h6-9,11-13,16,18-19,24H,5,10,23H2,1-4H3,(H,25,28)(H,26,27)(H,29,30). The number of H-pyrrole nitrogens is 1. The number of nitrogens with one attached hydrogen (secondary N) is 3. The van der Waals surface area contributed by atoms with E-state index in [0.29, 0.717) is 12.8 Å². The summed E-state index contributed by atoms with van der Waals surface area (Å²) in [5.41, 5.74) is 8.02. The number of fused-ring (bicyclic) bond motifs is 1. The number of nitrogens with two attached hydrogens (primary N) is 1. The minimum atomic E-state index is -1.11. The Morgan fingerprint density at radius 2 is 1.70 bits per heavy atom. The number of hydrogen-bond donors (Lipinski definition) is 5. The Bertz CT molecular complexity index is 892. The number of amides is 2. The first-order chi connectivity index (χ1) is 14.1. The number of aromatic nitrogens is 1. The van der Waals surface area contributed by atoms with Crippen molar-refractivity contribution in [1.29, 1.82) is 0 Å². The number of carboxylic acids is 1. The zero-order valence-electron chi connectivity index (χ0n) is 17.9. The second-order valence-electron chi connectivity index (χ2n) is 8.11. The van der Waals surface area contributed by atoms with Crippen LogP contribution in [0.5, 0.6) is 0 Å². The Morgan fingerprint density at radius 1 is 1.07 bits per heavy atom. The van der Waals surface area contributed by atoms with Crippen LogP contribution < -0.4 is 16.4 Å². The predicted molar refractivity (Wildman–Crippen MR) is 116 cm³/mol. The molecule has 8 nitrogen and oxygen atoms in total. The van der Waals surface area contributed by atoms with Crippen molar-refractivity contribution in [2.24, 2.45) is 17.6 Å². The van der Waals surface area contributed by atoms with Crippen LogP contribution in [0.1, 0.15) is 39.7 Å². The molecule has 0 aliphatic carbocycles. The van der Waals surface area contributed by atoms with E-state index < -0.39 is 35.9 Å². The summed E-state index contributed by atoms with van der Waals surface area (Å²) in [4.78, 5) is 40.1. The van der Waals surface area contributed by atoms with Gasteiger partial charge in [-0.1, -0.05) is 52.3 Å². The third-order valence-corrected chi connectivity index (χ3v) is 5.48. The lowest BCUT2D eigenvalue weighted by Crippen LogP contribution is -2.57. The third-order valence-electron chi connectivity index (χ3n) is 5.48. The van der Waals surface area contributed by atoms with Crippen LogP contribution in [0, 0.1) is 11.8 Å². The summed E-state index contributed by atoms with van der Waals surface area (Å²) in [7, 11) is 0. The van der Waals surface area contributed by atoms with Crippen LogP contribution in [-0.2, 0) is 20.8 Å². The molecule has 0 saturated heterocycles. The average molecular weight is 417 g/mol. The van der Waals surface area contributed by atoms with Crippen molar-refractivity contribution in [1.82, 2.24) is 15.6 Å². The van der Waals surface area contributed by atoms with Gasteiger partial charge in [0.2, 0.25) is 11.8 Å². The summed E-state index contributed by atoms with van der Waals surface area (Å²) in [5, 5.41) is 15.6. The molecule has 8 heteroatoms. The summed E-state index contributed by atoms with van der Waals surface area (Å²) in [6.45, 7) is 7.17. The fourth-order valence-corrected chi connectivity index (χ4v) is 3.35. The summed E-state index contributed by atoms with van der Waals surface area (Å²) < 4.78 is 0. The van der Waals surface area contributed by atoms with Crippen molar-refractivity contribution in [2.45, 2.75) is 58.7 Å². The molecule has 6 N–H and O–H groups in total. The maximum absolute atomic E-state index is 12.8. The lowest BCUT2D eigenvalue weighted by molar-refractivity contribution is -0.143. The molecule has 0 aliphatic heterocycles. The van der Waals surface area contributed by atoms with Crippen LogP contribution >= 0.6 is 0 Å². The van der Waals surface area contributed by atoms with Gasteiger partial charge in [-0.25, -0.2) is 4.79 Å². The zero-order valence-corrected chi connectivity index (χ0v) is 17.9. The molecule has 0 spiro atoms. The molecule has 2 amide bonds. The van der Waals surface area contributed by atoms with Crippen molar-refractivity contribution in [3.8, 4) is 0 Å². The SMILES string of the molecule is CCC(C)C(NC(=O)C(N)Cc1c[nH]c2ccccc12)C(=O)NC(C(=O)O)C(C)C. The van der Waals surface area contributed by atoms with Gasteiger partial charge in [0.15, 0.2) is 0 Å². The normalized spacial score (nSPS) is 15.4. The van der Waals surface area contributed by atoms with Gasteiger partial charge in [0.25, 0.3) is 0 Å². The van der Waals surface area contributed by atoms with E-state index in [1.165, 1.54) is 0 Å². The highest BCUT2D eigenvalue weighted by Gasteiger charge is 2.32. The number of carbonyl (C=O) groups excluding carboxylic acids is 2. The summed E-state index contributed by atoms with van der Waals surface area (Å²) in [6.07, 6.45) is 2.78. The van der Waals surface area contributed by atoms with Crippen LogP contribution in [-0.4, -0.2) is 46.0 Å². The molecule has 1 aromatic heterocycles. The fourth-order valence-electron chi connectivity index (χ4n) is 3.35. The van der Waals surface area contributed by atoms with Crippen LogP contribution in [0.2, 0.25) is 0 Å². The van der Waals surface area contributed by atoms with Gasteiger partial charge in [-0.05, 0) is 29.9 Å².